The third-order valence-electron chi connectivity index (χ3n) is 3.78. The zero-order chi connectivity index (χ0) is 20.5. The molecule has 2 heterocycles. The van der Waals surface area contributed by atoms with E-state index in [0.717, 1.165) is 12.1 Å². The predicted molar refractivity (Wildman–Crippen MR) is 91.2 cm³/mol. The predicted octanol–water partition coefficient (Wildman–Crippen LogP) is 5.52. The van der Waals surface area contributed by atoms with Gasteiger partial charge < -0.3 is 9.72 Å². The van der Waals surface area contributed by atoms with Gasteiger partial charge >= 0.3 is 12.4 Å². The van der Waals surface area contributed by atoms with Gasteiger partial charge in [0.15, 0.2) is 11.8 Å². The maximum absolute atomic E-state index is 12.8. The molecule has 0 fully saturated rings. The fraction of sp³-hybridized carbons (Fsp3) is 0.294. The maximum Gasteiger partial charge on any atom is 0.422 e. The molecule has 4 nitrogen and oxygen atoms in total. The summed E-state index contributed by atoms with van der Waals surface area (Å²) >= 11 is 1.17. The van der Waals surface area contributed by atoms with Gasteiger partial charge in [0.2, 0.25) is 0 Å². The monoisotopic (exact) mass is 421 g/mol. The van der Waals surface area contributed by atoms with Gasteiger partial charge in [-0.15, -0.1) is 0 Å². The van der Waals surface area contributed by atoms with Gasteiger partial charge in [0, 0.05) is 17.5 Å². The second-order valence-corrected chi connectivity index (χ2v) is 6.81. The standard InChI is InChI=1S/C17H13F6N3OS/c1-9-13(24-5-4-14(9)27-8-16(18,19)20)7-28-15-25-11-3-2-10(17(21,22)23)6-12(11)26-15/h2-6H,7-8H2,1H3,(H,25,26). The first-order chi connectivity index (χ1) is 13.0. The number of hydrogen-bond acceptors (Lipinski definition) is 4. The van der Waals surface area contributed by atoms with E-state index in [1.807, 2.05) is 0 Å². The average molecular weight is 421 g/mol. The number of halogens is 6. The number of aromatic nitrogens is 3. The van der Waals surface area contributed by atoms with Crippen LogP contribution in [0.4, 0.5) is 26.3 Å². The van der Waals surface area contributed by atoms with Crippen LogP contribution in [0.25, 0.3) is 11.0 Å². The van der Waals surface area contributed by atoms with Crippen LogP contribution in [0.15, 0.2) is 35.6 Å². The number of aromatic amines is 1. The Labute approximate surface area is 159 Å². The summed E-state index contributed by atoms with van der Waals surface area (Å²) in [6.45, 7) is 0.179. The fourth-order valence-corrected chi connectivity index (χ4v) is 3.30. The van der Waals surface area contributed by atoms with Crippen LogP contribution < -0.4 is 4.74 Å². The van der Waals surface area contributed by atoms with E-state index in [9.17, 15) is 26.3 Å². The van der Waals surface area contributed by atoms with Gasteiger partial charge in [0.05, 0.1) is 22.3 Å². The van der Waals surface area contributed by atoms with Crippen molar-refractivity contribution in [3.63, 3.8) is 0 Å². The largest absolute Gasteiger partial charge is 0.484 e. The van der Waals surface area contributed by atoms with Gasteiger partial charge in [-0.2, -0.15) is 26.3 Å². The zero-order valence-electron chi connectivity index (χ0n) is 14.3. The molecular weight excluding hydrogens is 408 g/mol. The number of ether oxygens (including phenoxy) is 1. The number of rotatable bonds is 5. The van der Waals surface area contributed by atoms with Crippen LogP contribution in [0.5, 0.6) is 5.75 Å². The average Bonchev–Trinajstić information content (AvgIpc) is 3.00. The Morgan fingerprint density at radius 2 is 1.86 bits per heavy atom. The molecule has 0 aliphatic carbocycles. The summed E-state index contributed by atoms with van der Waals surface area (Å²) in [5, 5.41) is 0.372. The Morgan fingerprint density at radius 1 is 1.11 bits per heavy atom. The van der Waals surface area contributed by atoms with E-state index in [1.165, 1.54) is 30.1 Å². The summed E-state index contributed by atoms with van der Waals surface area (Å²) in [5.41, 5.74) is 0.773. The van der Waals surface area contributed by atoms with E-state index in [1.54, 1.807) is 6.92 Å². The number of thioether (sulfide) groups is 1. The number of imidazole rings is 1. The Balaban J connectivity index is 1.73. The molecule has 3 aromatic rings. The molecule has 0 amide bonds. The molecule has 0 spiro atoms. The number of alkyl halides is 6. The number of nitrogens with one attached hydrogen (secondary N) is 1. The molecule has 1 aromatic carbocycles. The summed E-state index contributed by atoms with van der Waals surface area (Å²) in [4.78, 5) is 11.1. The van der Waals surface area contributed by atoms with Crippen LogP contribution in [-0.4, -0.2) is 27.7 Å². The molecule has 1 N–H and O–H groups in total. The minimum Gasteiger partial charge on any atom is -0.484 e. The normalized spacial score (nSPS) is 12.5. The highest BCUT2D eigenvalue weighted by Gasteiger charge is 2.31. The van der Waals surface area contributed by atoms with Crippen LogP contribution in [-0.2, 0) is 11.9 Å². The Morgan fingerprint density at radius 3 is 2.54 bits per heavy atom. The molecule has 0 aliphatic rings. The number of pyridine rings is 1. The van der Waals surface area contributed by atoms with Gasteiger partial charge in [-0.25, -0.2) is 4.98 Å². The van der Waals surface area contributed by atoms with E-state index < -0.39 is 24.5 Å². The van der Waals surface area contributed by atoms with Crippen molar-refractivity contribution in [2.24, 2.45) is 0 Å². The molecule has 28 heavy (non-hydrogen) atoms. The van der Waals surface area contributed by atoms with Gasteiger partial charge in [-0.1, -0.05) is 11.8 Å². The van der Waals surface area contributed by atoms with E-state index in [0.29, 0.717) is 21.9 Å². The summed E-state index contributed by atoms with van der Waals surface area (Å²) in [6.07, 6.45) is -7.57. The number of benzene rings is 1. The highest BCUT2D eigenvalue weighted by Crippen LogP contribution is 2.32. The lowest BCUT2D eigenvalue weighted by Gasteiger charge is -2.13. The number of hydrogen-bond donors (Lipinski definition) is 1. The lowest BCUT2D eigenvalue weighted by atomic mass is 10.2. The van der Waals surface area contributed by atoms with Gasteiger partial charge in [-0.05, 0) is 31.2 Å². The zero-order valence-corrected chi connectivity index (χ0v) is 15.1. The summed E-state index contributed by atoms with van der Waals surface area (Å²) in [5.74, 6) is 0.323. The van der Waals surface area contributed by atoms with Crippen molar-refractivity contribution >= 4 is 22.8 Å². The van der Waals surface area contributed by atoms with Crippen molar-refractivity contribution < 1.29 is 31.1 Å². The second-order valence-electron chi connectivity index (χ2n) is 5.84. The first kappa shape index (κ1) is 20.3. The highest BCUT2D eigenvalue weighted by atomic mass is 32.2. The van der Waals surface area contributed by atoms with E-state index >= 15 is 0 Å². The molecule has 2 aromatic heterocycles. The maximum atomic E-state index is 12.8. The molecule has 150 valence electrons. The molecule has 0 aliphatic heterocycles. The van der Waals surface area contributed by atoms with Crippen LogP contribution >= 0.6 is 11.8 Å². The third kappa shape index (κ3) is 4.89. The quantitative estimate of drug-likeness (QED) is 0.436. The summed E-state index contributed by atoms with van der Waals surface area (Å²) < 4.78 is 80.1. The molecule has 0 saturated carbocycles. The van der Waals surface area contributed by atoms with Crippen LogP contribution in [0.2, 0.25) is 0 Å². The third-order valence-corrected chi connectivity index (χ3v) is 4.67. The molecule has 0 radical (unpaired) electrons. The second kappa shape index (κ2) is 7.53. The Bertz CT molecular complexity index is 983. The lowest BCUT2D eigenvalue weighted by Crippen LogP contribution is -2.19. The Hall–Kier alpha value is -2.43. The minimum absolute atomic E-state index is 0.0716. The van der Waals surface area contributed by atoms with Gasteiger partial charge in [-0.3, -0.25) is 4.98 Å². The smallest absolute Gasteiger partial charge is 0.422 e. The van der Waals surface area contributed by atoms with Crippen molar-refractivity contribution in [2.75, 3.05) is 6.61 Å². The first-order valence-electron chi connectivity index (χ1n) is 7.87. The topological polar surface area (TPSA) is 50.8 Å². The van der Waals surface area contributed by atoms with Crippen molar-refractivity contribution in [2.45, 2.75) is 30.2 Å². The van der Waals surface area contributed by atoms with Crippen molar-refractivity contribution in [3.05, 3.63) is 47.3 Å². The van der Waals surface area contributed by atoms with E-state index in [2.05, 4.69) is 15.0 Å². The van der Waals surface area contributed by atoms with Gasteiger partial charge in [0.25, 0.3) is 0 Å². The SMILES string of the molecule is Cc1c(OCC(F)(F)F)ccnc1CSc1nc2ccc(C(F)(F)F)cc2[nH]1. The van der Waals surface area contributed by atoms with Gasteiger partial charge in [0.1, 0.15) is 5.75 Å². The van der Waals surface area contributed by atoms with Crippen molar-refractivity contribution in [1.29, 1.82) is 0 Å². The van der Waals surface area contributed by atoms with Crippen LogP contribution in [0.1, 0.15) is 16.8 Å². The number of fused-ring (bicyclic) bond motifs is 1. The molecule has 0 unspecified atom stereocenters. The van der Waals surface area contributed by atoms with E-state index in [-0.39, 0.29) is 17.0 Å². The number of H-pyrrole nitrogens is 1. The molecule has 0 saturated heterocycles. The molecule has 11 heteroatoms. The number of nitrogens with zero attached hydrogens (tertiary/aromatic N) is 2. The van der Waals surface area contributed by atoms with Crippen molar-refractivity contribution in [3.8, 4) is 5.75 Å². The fourth-order valence-electron chi connectivity index (χ4n) is 2.39. The molecule has 0 atom stereocenters. The summed E-state index contributed by atoms with van der Waals surface area (Å²) in [6, 6.07) is 4.54. The molecule has 3 rings (SSSR count). The molecule has 0 bridgehead atoms. The van der Waals surface area contributed by atoms with Crippen LogP contribution in [0, 0.1) is 6.92 Å². The van der Waals surface area contributed by atoms with E-state index in [4.69, 9.17) is 4.74 Å². The minimum atomic E-state index is -4.45. The molecular formula is C17H13F6N3OS. The summed E-state index contributed by atoms with van der Waals surface area (Å²) in [7, 11) is 0. The van der Waals surface area contributed by atoms with Crippen molar-refractivity contribution in [1.82, 2.24) is 15.0 Å². The first-order valence-corrected chi connectivity index (χ1v) is 8.85. The lowest BCUT2D eigenvalue weighted by molar-refractivity contribution is -0.153. The van der Waals surface area contributed by atoms with Crippen LogP contribution in [0.3, 0.4) is 0 Å². The highest BCUT2D eigenvalue weighted by molar-refractivity contribution is 7.98. The Kier molecular flexibility index (Phi) is 5.46.